The number of hydrogen-bond acceptors (Lipinski definition) is 6. The van der Waals surface area contributed by atoms with Crippen LogP contribution in [0.4, 0.5) is 0 Å². The van der Waals surface area contributed by atoms with Crippen LogP contribution in [-0.4, -0.2) is 40.1 Å². The molecule has 4 atom stereocenters. The molecule has 10 heteroatoms. The third-order valence-electron chi connectivity index (χ3n) is 2.86. The molecule has 1 aliphatic heterocycles. The largest absolute Gasteiger partial charge is 0.504 e. The van der Waals surface area contributed by atoms with Gasteiger partial charge in [0.2, 0.25) is 0 Å². The number of nitrogens with one attached hydrogen (secondary N) is 1. The average Bonchev–Trinajstić information content (AvgIpc) is 2.72. The van der Waals surface area contributed by atoms with Gasteiger partial charge in [-0.3, -0.25) is 14.3 Å². The first-order chi connectivity index (χ1) is 9.38. The number of hydrogen-bond donors (Lipinski definition) is 2. The van der Waals surface area contributed by atoms with Crippen molar-refractivity contribution in [3.8, 4) is 0 Å². The van der Waals surface area contributed by atoms with Crippen LogP contribution < -0.4 is 11.2 Å². The number of rotatable bonds is 4. The zero-order valence-corrected chi connectivity index (χ0v) is 13.5. The predicted octanol–water partition coefficient (Wildman–Crippen LogP) is 0.178. The number of nitrogens with zero attached hydrogens (tertiary/aromatic N) is 1. The highest BCUT2D eigenvalue weighted by Crippen LogP contribution is 2.29. The van der Waals surface area contributed by atoms with Crippen molar-refractivity contribution in [2.45, 2.75) is 24.9 Å². The third-order valence-corrected chi connectivity index (χ3v) is 4.14. The third kappa shape index (κ3) is 3.53. The summed E-state index contributed by atoms with van der Waals surface area (Å²) in [6.45, 7) is 1.39. The first-order valence-electron chi connectivity index (χ1n) is 5.76. The maximum atomic E-state index is 11.7. The van der Waals surface area contributed by atoms with E-state index in [1.807, 2.05) is 0 Å². The van der Waals surface area contributed by atoms with Crippen LogP contribution in [0.15, 0.2) is 15.8 Å². The van der Waals surface area contributed by atoms with Crippen molar-refractivity contribution in [1.29, 1.82) is 0 Å². The lowest BCUT2D eigenvalue weighted by atomic mass is 10.2. The van der Waals surface area contributed by atoms with E-state index in [2.05, 4.69) is 4.98 Å². The minimum Gasteiger partial charge on any atom is -0.390 e. The number of ether oxygens (including phenoxy) is 1. The van der Waals surface area contributed by atoms with Gasteiger partial charge in [-0.1, -0.05) is 0 Å². The molecule has 0 bridgehead atoms. The first-order valence-corrected chi connectivity index (χ1v) is 8.47. The maximum Gasteiger partial charge on any atom is 0.504 e. The Morgan fingerprint density at radius 1 is 1.65 bits per heavy atom. The van der Waals surface area contributed by atoms with E-state index >= 15 is 0 Å². The minimum absolute atomic E-state index is 0.0153. The van der Waals surface area contributed by atoms with Crippen LogP contribution in [0.3, 0.4) is 0 Å². The highest BCUT2D eigenvalue weighted by atomic mass is 127. The van der Waals surface area contributed by atoms with Gasteiger partial charge in [0.15, 0.2) is 6.66 Å². The quantitative estimate of drug-likeness (QED) is 0.537. The van der Waals surface area contributed by atoms with Crippen molar-refractivity contribution >= 4 is 30.6 Å². The summed E-state index contributed by atoms with van der Waals surface area (Å²) in [4.78, 5) is 25.2. The monoisotopic (exact) mass is 415 g/mol. The Hall–Kier alpha value is -0.610. The molecule has 0 spiro atoms. The summed E-state index contributed by atoms with van der Waals surface area (Å²) in [5, 5.41) is 9.86. The molecule has 0 saturated carbocycles. The molecule has 1 aromatic heterocycles. The Bertz CT molecular complexity index is 629. The molecule has 1 fully saturated rings. The molecular weight excluding hydrogens is 402 g/mol. The maximum absolute atomic E-state index is 11.7. The van der Waals surface area contributed by atoms with Crippen molar-refractivity contribution in [1.82, 2.24) is 9.55 Å². The fourth-order valence-corrected chi connectivity index (χ4v) is 2.68. The van der Waals surface area contributed by atoms with Gasteiger partial charge in [-0.15, -0.1) is 4.52 Å². The van der Waals surface area contributed by atoms with E-state index < -0.39 is 37.7 Å². The molecule has 2 heterocycles. The van der Waals surface area contributed by atoms with Gasteiger partial charge < -0.3 is 9.84 Å². The average molecular weight is 415 g/mol. The van der Waals surface area contributed by atoms with E-state index in [0.717, 1.165) is 0 Å². The van der Waals surface area contributed by atoms with E-state index in [1.54, 1.807) is 22.6 Å². The summed E-state index contributed by atoms with van der Waals surface area (Å²) in [6, 6.07) is 0. The molecule has 1 saturated heterocycles. The summed E-state index contributed by atoms with van der Waals surface area (Å²) in [6.07, 6.45) is -0.604. The van der Waals surface area contributed by atoms with Crippen LogP contribution in [0.25, 0.3) is 0 Å². The molecule has 4 unspecified atom stereocenters. The molecule has 2 N–H and O–H groups in total. The summed E-state index contributed by atoms with van der Waals surface area (Å²) in [7, 11) is -1.78. The zero-order valence-electron chi connectivity index (χ0n) is 10.5. The van der Waals surface area contributed by atoms with E-state index in [1.165, 1.54) is 17.4 Å². The van der Waals surface area contributed by atoms with E-state index in [0.29, 0.717) is 3.57 Å². The molecule has 1 aliphatic rings. The van der Waals surface area contributed by atoms with E-state index in [9.17, 15) is 19.3 Å². The number of aliphatic hydroxyl groups is 1. The summed E-state index contributed by atoms with van der Waals surface area (Å²) >= 11 is 1.80. The highest BCUT2D eigenvalue weighted by Gasteiger charge is 2.37. The Balaban J connectivity index is 2.16. The van der Waals surface area contributed by atoms with Crippen LogP contribution in [0.2, 0.25) is 0 Å². The second-order valence-electron chi connectivity index (χ2n) is 4.31. The van der Waals surface area contributed by atoms with Crippen LogP contribution in [0.5, 0.6) is 0 Å². The Kier molecular flexibility index (Phi) is 5.08. The molecule has 2 rings (SSSR count). The molecule has 110 valence electrons. The van der Waals surface area contributed by atoms with Crippen LogP contribution in [0.1, 0.15) is 12.6 Å². The highest BCUT2D eigenvalue weighted by molar-refractivity contribution is 14.1. The molecule has 8 nitrogen and oxygen atoms in total. The standard InChI is InChI=1S/C10H12IN2O6P/c1-20(17)18-4-7-6(14)2-8(19-7)13-3-5(11)9(15)12-10(13)16/h3,6-8,14H,2,4H2,1H3/p+1. The second kappa shape index (κ2) is 6.44. The molecule has 20 heavy (non-hydrogen) atoms. The normalized spacial score (nSPS) is 26.8. The smallest absolute Gasteiger partial charge is 0.390 e. The Morgan fingerprint density at radius 3 is 3.00 bits per heavy atom. The number of halogens is 1. The van der Waals surface area contributed by atoms with Crippen molar-refractivity contribution in [3.63, 3.8) is 0 Å². The van der Waals surface area contributed by atoms with Gasteiger partial charge in [-0.25, -0.2) is 4.79 Å². The lowest BCUT2D eigenvalue weighted by Gasteiger charge is -2.14. The summed E-state index contributed by atoms with van der Waals surface area (Å²) in [5.41, 5.74) is -1.07. The Morgan fingerprint density at radius 2 is 2.35 bits per heavy atom. The van der Waals surface area contributed by atoms with E-state index in [-0.39, 0.29) is 13.0 Å². The van der Waals surface area contributed by atoms with Crippen molar-refractivity contribution in [3.05, 3.63) is 30.6 Å². The molecule has 0 amide bonds. The van der Waals surface area contributed by atoms with Gasteiger partial charge >= 0.3 is 13.7 Å². The fraction of sp³-hybridized carbons (Fsp3) is 0.600. The van der Waals surface area contributed by atoms with Crippen LogP contribution in [-0.2, 0) is 13.8 Å². The first kappa shape index (κ1) is 15.8. The number of H-pyrrole nitrogens is 1. The number of aromatic nitrogens is 2. The number of aromatic amines is 1. The molecule has 0 aliphatic carbocycles. The van der Waals surface area contributed by atoms with Gasteiger partial charge in [0, 0.05) is 12.6 Å². The van der Waals surface area contributed by atoms with Gasteiger partial charge in [0.1, 0.15) is 18.9 Å². The fourth-order valence-electron chi connectivity index (χ4n) is 1.89. The lowest BCUT2D eigenvalue weighted by molar-refractivity contribution is -0.0397. The molecule has 1 aromatic rings. The van der Waals surface area contributed by atoms with Gasteiger partial charge in [-0.2, -0.15) is 0 Å². The molecule has 0 radical (unpaired) electrons. The minimum atomic E-state index is -1.78. The zero-order chi connectivity index (χ0) is 14.9. The summed E-state index contributed by atoms with van der Waals surface area (Å²) < 4.78 is 22.9. The lowest BCUT2D eigenvalue weighted by Crippen LogP contribution is -2.33. The SMILES string of the molecule is C[P+](=O)OCC1OC(n2cc(I)c(=O)[nH]c2=O)CC1O. The van der Waals surface area contributed by atoms with Crippen molar-refractivity contribution < 1.29 is 18.9 Å². The van der Waals surface area contributed by atoms with Crippen LogP contribution >= 0.6 is 30.6 Å². The van der Waals surface area contributed by atoms with Gasteiger partial charge in [-0.05, 0) is 27.2 Å². The van der Waals surface area contributed by atoms with Crippen LogP contribution in [0, 0.1) is 3.57 Å². The topological polar surface area (TPSA) is 111 Å². The molecular formula is C10H13IN2O6P+. The van der Waals surface area contributed by atoms with Crippen molar-refractivity contribution in [2.24, 2.45) is 0 Å². The van der Waals surface area contributed by atoms with Gasteiger partial charge in [0.25, 0.3) is 5.56 Å². The van der Waals surface area contributed by atoms with Crippen molar-refractivity contribution in [2.75, 3.05) is 13.3 Å². The Labute approximate surface area is 128 Å². The van der Waals surface area contributed by atoms with E-state index in [4.69, 9.17) is 9.26 Å². The predicted molar refractivity (Wildman–Crippen MR) is 78.1 cm³/mol. The number of aliphatic hydroxyl groups excluding tert-OH is 1. The second-order valence-corrected chi connectivity index (χ2v) is 6.61. The molecule has 0 aromatic carbocycles. The summed E-state index contributed by atoms with van der Waals surface area (Å²) in [5.74, 6) is 0. The van der Waals surface area contributed by atoms with Gasteiger partial charge in [0.05, 0.1) is 9.67 Å².